The van der Waals surface area contributed by atoms with Crippen molar-refractivity contribution in [3.8, 4) is 0 Å². The van der Waals surface area contributed by atoms with Crippen molar-refractivity contribution in [1.29, 1.82) is 0 Å². The van der Waals surface area contributed by atoms with E-state index in [1.54, 1.807) is 0 Å². The quantitative estimate of drug-likeness (QED) is 0.156. The standard InChI is InChI=1S/C27H46BN6.HNO2.Zn/c1-16(2)22-13-25(19(7)8)32(29-22)28(33-26(20(9)10)14-23(30-33)17(3)4)34-27(21(11)12)15-24(31-34)18(5)6;2-1-3;/h13-21,28H,1-12H3;(H,2,3);/q-1;;+2/p-1. The van der Waals surface area contributed by atoms with E-state index in [-0.39, 0.29) is 19.5 Å². The van der Waals surface area contributed by atoms with Crippen LogP contribution < -0.4 is 0 Å². The summed E-state index contributed by atoms with van der Waals surface area (Å²) >= 11 is 0. The van der Waals surface area contributed by atoms with Gasteiger partial charge in [0.1, 0.15) is 0 Å². The molecule has 0 spiro atoms. The molecule has 0 N–H and O–H groups in total. The Hall–Kier alpha value is -2.28. The summed E-state index contributed by atoms with van der Waals surface area (Å²) in [6.45, 7) is 26.8. The summed E-state index contributed by atoms with van der Waals surface area (Å²) in [5.74, 6) is 2.13. The van der Waals surface area contributed by atoms with Crippen LogP contribution in [0.4, 0.5) is 0 Å². The minimum atomic E-state index is -1.46. The van der Waals surface area contributed by atoms with Crippen molar-refractivity contribution in [1.82, 2.24) is 29.1 Å². The zero-order chi connectivity index (χ0) is 28.2. The number of hydrogen-bond acceptors (Lipinski definition) is 6. The maximum absolute atomic E-state index is 8.00. The molecule has 3 aromatic rings. The van der Waals surface area contributed by atoms with Gasteiger partial charge in [-0.15, -0.1) is 5.34 Å². The number of rotatable bonds is 9. The number of nitrogens with zero attached hydrogens (tertiary/aromatic N) is 7. The predicted octanol–water partition coefficient (Wildman–Crippen LogP) is 6.93. The van der Waals surface area contributed by atoms with E-state index in [0.717, 1.165) is 22.4 Å². The van der Waals surface area contributed by atoms with Crippen molar-refractivity contribution in [2.24, 2.45) is 5.34 Å². The fourth-order valence-electron chi connectivity index (χ4n) is 4.66. The van der Waals surface area contributed by atoms with Crippen molar-refractivity contribution in [3.05, 3.63) is 62.5 Å². The molecular formula is C27H46BN7O2Zn. The number of aromatic nitrogens is 6. The van der Waals surface area contributed by atoms with Crippen LogP contribution in [0.5, 0.6) is 0 Å². The molecule has 3 heterocycles. The molecule has 9 nitrogen and oxygen atoms in total. The summed E-state index contributed by atoms with van der Waals surface area (Å²) in [6, 6.07) is 6.87. The van der Waals surface area contributed by atoms with Gasteiger partial charge in [0.25, 0.3) is 0 Å². The van der Waals surface area contributed by atoms with E-state index < -0.39 is 7.12 Å². The van der Waals surface area contributed by atoms with Crippen molar-refractivity contribution in [2.75, 3.05) is 0 Å². The van der Waals surface area contributed by atoms with Crippen LogP contribution in [0.25, 0.3) is 0 Å². The Morgan fingerprint density at radius 1 is 0.579 bits per heavy atom. The Morgan fingerprint density at radius 2 is 0.789 bits per heavy atom. The summed E-state index contributed by atoms with van der Waals surface area (Å²) in [4.78, 5) is 8.00. The molecular weight excluding hydrogens is 531 g/mol. The first-order valence-corrected chi connectivity index (χ1v) is 13.6. The van der Waals surface area contributed by atoms with E-state index in [1.807, 2.05) is 0 Å². The van der Waals surface area contributed by atoms with Crippen molar-refractivity contribution in [3.63, 3.8) is 0 Å². The van der Waals surface area contributed by atoms with E-state index in [9.17, 15) is 0 Å². The molecule has 0 atom stereocenters. The minimum absolute atomic E-state index is 0. The summed E-state index contributed by atoms with van der Waals surface area (Å²) < 4.78 is 6.81. The number of hydrogen-bond donors (Lipinski definition) is 0. The van der Waals surface area contributed by atoms with Gasteiger partial charge >= 0.3 is 26.6 Å². The molecule has 0 saturated carbocycles. The first kappa shape index (κ1) is 33.7. The topological polar surface area (TPSA) is 106 Å². The fourth-order valence-corrected chi connectivity index (χ4v) is 4.66. The third-order valence-corrected chi connectivity index (χ3v) is 6.84. The van der Waals surface area contributed by atoms with Crippen LogP contribution in [0.3, 0.4) is 0 Å². The molecule has 0 unspecified atom stereocenters. The van der Waals surface area contributed by atoms with Gasteiger partial charge in [0.2, 0.25) is 0 Å². The molecule has 206 valence electrons. The Bertz CT molecular complexity index is 1020. The zero-order valence-corrected chi connectivity index (χ0v) is 28.5. The van der Waals surface area contributed by atoms with Crippen LogP contribution in [0.1, 0.15) is 153 Å². The molecule has 0 radical (unpaired) electrons. The zero-order valence-electron chi connectivity index (χ0n) is 25.6. The van der Waals surface area contributed by atoms with Crippen molar-refractivity contribution >= 4 is 7.12 Å². The normalized spacial score (nSPS) is 11.8. The molecule has 0 aliphatic carbocycles. The van der Waals surface area contributed by atoms with Gasteiger partial charge in [-0.1, -0.05) is 83.1 Å². The summed E-state index contributed by atoms with van der Waals surface area (Å²) in [7, 11) is -1.46. The second kappa shape index (κ2) is 14.2. The molecule has 38 heavy (non-hydrogen) atoms. The molecule has 0 fully saturated rings. The third kappa shape index (κ3) is 7.43. The van der Waals surface area contributed by atoms with Gasteiger partial charge in [0, 0.05) is 17.1 Å². The monoisotopic (exact) mass is 575 g/mol. The van der Waals surface area contributed by atoms with E-state index >= 15 is 0 Å². The maximum Gasteiger partial charge on any atom is 2.00 e. The van der Waals surface area contributed by atoms with E-state index in [1.165, 1.54) is 17.1 Å². The van der Waals surface area contributed by atoms with Crippen LogP contribution in [0.15, 0.2) is 23.5 Å². The van der Waals surface area contributed by atoms with E-state index in [2.05, 4.69) is 115 Å². The van der Waals surface area contributed by atoms with Gasteiger partial charge in [-0.05, 0) is 53.7 Å². The Morgan fingerprint density at radius 3 is 0.947 bits per heavy atom. The fraction of sp³-hybridized carbons (Fsp3) is 0.667. The summed E-state index contributed by atoms with van der Waals surface area (Å²) in [5, 5.41) is 24.7. The summed E-state index contributed by atoms with van der Waals surface area (Å²) in [6.07, 6.45) is 0. The predicted molar refractivity (Wildman–Crippen MR) is 154 cm³/mol. The van der Waals surface area contributed by atoms with Crippen molar-refractivity contribution in [2.45, 2.75) is 119 Å². The summed E-state index contributed by atoms with van der Waals surface area (Å²) in [5.41, 5.74) is 7.13. The average molecular weight is 577 g/mol. The molecule has 0 saturated heterocycles. The average Bonchev–Trinajstić information content (AvgIpc) is 3.52. The van der Waals surface area contributed by atoms with Gasteiger partial charge < -0.3 is 23.9 Å². The SMILES string of the molecule is CC(C)c1cc(C(C)C)n([BH-](n2nc(C(C)C)cc2C(C)C)n2nc(C(C)C)cc2C(C)C)n1.O=N[O-].[Zn+2]. The molecule has 0 aliphatic rings. The van der Waals surface area contributed by atoms with Gasteiger partial charge in [0.05, 0.1) is 17.1 Å². The molecule has 0 aliphatic heterocycles. The molecule has 0 bridgehead atoms. The van der Waals surface area contributed by atoms with Crippen molar-refractivity contribution < 1.29 is 19.5 Å². The second-order valence-corrected chi connectivity index (χ2v) is 11.9. The van der Waals surface area contributed by atoms with Gasteiger partial charge in [0.15, 0.2) is 0 Å². The van der Waals surface area contributed by atoms with Gasteiger partial charge in [-0.25, -0.2) is 15.3 Å². The smallest absolute Gasteiger partial charge is 0.444 e. The third-order valence-electron chi connectivity index (χ3n) is 6.84. The Labute approximate surface area is 241 Å². The van der Waals surface area contributed by atoms with Crippen LogP contribution in [0, 0.1) is 10.1 Å². The Kier molecular flexibility index (Phi) is 12.6. The molecule has 3 aromatic heterocycles. The van der Waals surface area contributed by atoms with E-state index in [0.29, 0.717) is 35.5 Å². The van der Waals surface area contributed by atoms with Crippen LogP contribution in [0.2, 0.25) is 0 Å². The first-order chi connectivity index (χ1) is 17.2. The molecule has 0 aromatic carbocycles. The molecule has 11 heteroatoms. The van der Waals surface area contributed by atoms with Crippen LogP contribution in [-0.2, 0) is 19.5 Å². The van der Waals surface area contributed by atoms with Gasteiger partial charge in [-0.3, -0.25) is 0 Å². The molecule has 3 rings (SSSR count). The molecule has 0 amide bonds. The van der Waals surface area contributed by atoms with Crippen LogP contribution in [-0.4, -0.2) is 36.2 Å². The minimum Gasteiger partial charge on any atom is -0.444 e. The largest absolute Gasteiger partial charge is 2.00 e. The van der Waals surface area contributed by atoms with Gasteiger partial charge in [-0.2, -0.15) is 0 Å². The van der Waals surface area contributed by atoms with E-state index in [4.69, 9.17) is 25.4 Å². The van der Waals surface area contributed by atoms with Crippen LogP contribution >= 0.6 is 0 Å². The Balaban J connectivity index is 0.00000172. The first-order valence-electron chi connectivity index (χ1n) is 13.6. The maximum atomic E-state index is 8.00. The second-order valence-electron chi connectivity index (χ2n) is 11.9.